The predicted octanol–water partition coefficient (Wildman–Crippen LogP) is 5.01. The number of carbonyl (C=O) groups excluding carboxylic acids is 1. The molecular weight excluding hydrogens is 370 g/mol. The first-order valence-electron chi connectivity index (χ1n) is 6.89. The molecule has 0 aliphatic heterocycles. The molecule has 1 fully saturated rings. The lowest BCUT2D eigenvalue weighted by Crippen LogP contribution is -2.41. The highest BCUT2D eigenvalue weighted by Gasteiger charge is 2.25. The molecule has 1 amide bonds. The van der Waals surface area contributed by atoms with Crippen LogP contribution in [0.25, 0.3) is 0 Å². The molecule has 4 heteroatoms. The van der Waals surface area contributed by atoms with Crippen LogP contribution in [0.1, 0.15) is 49.4 Å². The number of hydrogen-bond donors (Lipinski definition) is 0. The van der Waals surface area contributed by atoms with Crippen molar-refractivity contribution >= 4 is 37.8 Å². The van der Waals surface area contributed by atoms with Gasteiger partial charge in [-0.3, -0.25) is 4.79 Å². The SMILES string of the molecule is CCN(C(=O)c1ccc(Br)cc1Br)C1CCCCC1. The number of carbonyl (C=O) groups is 1. The van der Waals surface area contributed by atoms with E-state index in [0.717, 1.165) is 33.9 Å². The van der Waals surface area contributed by atoms with Crippen LogP contribution in [0.15, 0.2) is 27.1 Å². The van der Waals surface area contributed by atoms with E-state index in [0.29, 0.717) is 6.04 Å². The molecule has 19 heavy (non-hydrogen) atoms. The van der Waals surface area contributed by atoms with Crippen molar-refractivity contribution in [3.63, 3.8) is 0 Å². The molecular formula is C15H19Br2NO. The average Bonchev–Trinajstić information content (AvgIpc) is 2.40. The van der Waals surface area contributed by atoms with E-state index < -0.39 is 0 Å². The van der Waals surface area contributed by atoms with Gasteiger partial charge in [-0.15, -0.1) is 0 Å². The lowest BCUT2D eigenvalue weighted by molar-refractivity contribution is 0.0647. The Labute approximate surface area is 131 Å². The van der Waals surface area contributed by atoms with Gasteiger partial charge >= 0.3 is 0 Å². The number of amides is 1. The standard InChI is InChI=1S/C15H19Br2NO/c1-2-18(12-6-4-3-5-7-12)15(19)13-9-8-11(16)10-14(13)17/h8-10,12H,2-7H2,1H3. The summed E-state index contributed by atoms with van der Waals surface area (Å²) >= 11 is 6.91. The van der Waals surface area contributed by atoms with Crippen LogP contribution in [-0.2, 0) is 0 Å². The van der Waals surface area contributed by atoms with E-state index in [4.69, 9.17) is 0 Å². The molecule has 0 atom stereocenters. The second kappa shape index (κ2) is 6.89. The topological polar surface area (TPSA) is 20.3 Å². The monoisotopic (exact) mass is 387 g/mol. The zero-order valence-electron chi connectivity index (χ0n) is 11.2. The maximum Gasteiger partial charge on any atom is 0.255 e. The fourth-order valence-electron chi connectivity index (χ4n) is 2.78. The van der Waals surface area contributed by atoms with Gasteiger partial charge in [-0.1, -0.05) is 35.2 Å². The minimum Gasteiger partial charge on any atom is -0.336 e. The molecule has 2 nitrogen and oxygen atoms in total. The maximum absolute atomic E-state index is 12.7. The van der Waals surface area contributed by atoms with Crippen LogP contribution in [0.4, 0.5) is 0 Å². The summed E-state index contributed by atoms with van der Waals surface area (Å²) < 4.78 is 1.85. The van der Waals surface area contributed by atoms with E-state index in [1.807, 2.05) is 23.1 Å². The third-order valence-electron chi connectivity index (χ3n) is 3.78. The van der Waals surface area contributed by atoms with Crippen LogP contribution in [0.5, 0.6) is 0 Å². The molecule has 0 aromatic heterocycles. The van der Waals surface area contributed by atoms with Gasteiger partial charge < -0.3 is 4.90 Å². The lowest BCUT2D eigenvalue weighted by Gasteiger charge is -2.33. The quantitative estimate of drug-likeness (QED) is 0.712. The summed E-state index contributed by atoms with van der Waals surface area (Å²) in [6, 6.07) is 6.16. The molecule has 104 valence electrons. The van der Waals surface area contributed by atoms with Crippen molar-refractivity contribution < 1.29 is 4.79 Å². The normalized spacial score (nSPS) is 16.4. The molecule has 0 N–H and O–H groups in total. The van der Waals surface area contributed by atoms with E-state index in [1.54, 1.807) is 0 Å². The third kappa shape index (κ3) is 3.60. The Morgan fingerprint density at radius 1 is 1.26 bits per heavy atom. The van der Waals surface area contributed by atoms with Crippen molar-refractivity contribution in [1.82, 2.24) is 4.90 Å². The van der Waals surface area contributed by atoms with E-state index in [9.17, 15) is 4.79 Å². The number of halogens is 2. The summed E-state index contributed by atoms with van der Waals surface area (Å²) in [6.45, 7) is 2.85. The maximum atomic E-state index is 12.7. The summed E-state index contributed by atoms with van der Waals surface area (Å²) in [5, 5.41) is 0. The summed E-state index contributed by atoms with van der Waals surface area (Å²) in [5.41, 5.74) is 0.760. The second-order valence-electron chi connectivity index (χ2n) is 5.01. The Hall–Kier alpha value is -0.350. The molecule has 0 spiro atoms. The second-order valence-corrected chi connectivity index (χ2v) is 6.78. The summed E-state index contributed by atoms with van der Waals surface area (Å²) in [5.74, 6) is 0.147. The fraction of sp³-hybridized carbons (Fsp3) is 0.533. The number of rotatable bonds is 3. The van der Waals surface area contributed by atoms with Crippen molar-refractivity contribution in [1.29, 1.82) is 0 Å². The first kappa shape index (κ1) is 15.0. The zero-order valence-corrected chi connectivity index (χ0v) is 14.3. The Morgan fingerprint density at radius 3 is 2.53 bits per heavy atom. The van der Waals surface area contributed by atoms with Gasteiger partial charge in [0.1, 0.15) is 0 Å². The Bertz CT molecular complexity index is 455. The molecule has 2 rings (SSSR count). The number of hydrogen-bond acceptors (Lipinski definition) is 1. The highest BCUT2D eigenvalue weighted by Crippen LogP contribution is 2.27. The van der Waals surface area contributed by atoms with Crippen LogP contribution in [0, 0.1) is 0 Å². The highest BCUT2D eigenvalue weighted by atomic mass is 79.9. The third-order valence-corrected chi connectivity index (χ3v) is 4.93. The van der Waals surface area contributed by atoms with Gasteiger partial charge in [-0.05, 0) is 53.9 Å². The Kier molecular flexibility index (Phi) is 5.46. The molecule has 0 heterocycles. The molecule has 1 aromatic carbocycles. The van der Waals surface area contributed by atoms with Gasteiger partial charge in [0.2, 0.25) is 0 Å². The molecule has 1 aliphatic carbocycles. The van der Waals surface area contributed by atoms with Gasteiger partial charge in [0, 0.05) is 21.5 Å². The van der Waals surface area contributed by atoms with Crippen molar-refractivity contribution in [2.24, 2.45) is 0 Å². The zero-order chi connectivity index (χ0) is 13.8. The van der Waals surface area contributed by atoms with Crippen molar-refractivity contribution in [2.75, 3.05) is 6.54 Å². The largest absolute Gasteiger partial charge is 0.336 e. The Morgan fingerprint density at radius 2 is 1.95 bits per heavy atom. The van der Waals surface area contributed by atoms with E-state index in [1.165, 1.54) is 19.3 Å². The average molecular weight is 389 g/mol. The molecule has 1 aliphatic rings. The van der Waals surface area contributed by atoms with Gasteiger partial charge in [0.25, 0.3) is 5.91 Å². The van der Waals surface area contributed by atoms with E-state index in [2.05, 4.69) is 38.8 Å². The van der Waals surface area contributed by atoms with Crippen LogP contribution in [0.3, 0.4) is 0 Å². The molecule has 0 bridgehead atoms. The lowest BCUT2D eigenvalue weighted by atomic mass is 9.93. The molecule has 0 unspecified atom stereocenters. The van der Waals surface area contributed by atoms with Crippen LogP contribution < -0.4 is 0 Å². The minimum absolute atomic E-state index is 0.147. The van der Waals surface area contributed by atoms with Gasteiger partial charge in [-0.2, -0.15) is 0 Å². The fourth-order valence-corrected chi connectivity index (χ4v) is 3.99. The summed E-state index contributed by atoms with van der Waals surface area (Å²) in [7, 11) is 0. The molecule has 0 radical (unpaired) electrons. The molecule has 1 aromatic rings. The van der Waals surface area contributed by atoms with Crippen LogP contribution in [0.2, 0.25) is 0 Å². The first-order chi connectivity index (χ1) is 9.13. The van der Waals surface area contributed by atoms with Crippen molar-refractivity contribution in [3.8, 4) is 0 Å². The van der Waals surface area contributed by atoms with Crippen LogP contribution in [-0.4, -0.2) is 23.4 Å². The summed E-state index contributed by atoms with van der Waals surface area (Å²) in [4.78, 5) is 14.7. The summed E-state index contributed by atoms with van der Waals surface area (Å²) in [6.07, 6.45) is 6.09. The minimum atomic E-state index is 0.147. The molecule has 1 saturated carbocycles. The Balaban J connectivity index is 2.19. The van der Waals surface area contributed by atoms with Crippen LogP contribution >= 0.6 is 31.9 Å². The predicted molar refractivity (Wildman–Crippen MR) is 85.4 cm³/mol. The molecule has 0 saturated heterocycles. The number of nitrogens with zero attached hydrogens (tertiary/aromatic N) is 1. The highest BCUT2D eigenvalue weighted by molar-refractivity contribution is 9.11. The van der Waals surface area contributed by atoms with Crippen molar-refractivity contribution in [3.05, 3.63) is 32.7 Å². The number of benzene rings is 1. The van der Waals surface area contributed by atoms with E-state index in [-0.39, 0.29) is 5.91 Å². The van der Waals surface area contributed by atoms with Crippen molar-refractivity contribution in [2.45, 2.75) is 45.1 Å². The van der Waals surface area contributed by atoms with Gasteiger partial charge in [0.05, 0.1) is 5.56 Å². The van der Waals surface area contributed by atoms with Gasteiger partial charge in [0.15, 0.2) is 0 Å². The van der Waals surface area contributed by atoms with Gasteiger partial charge in [-0.25, -0.2) is 0 Å². The van der Waals surface area contributed by atoms with E-state index >= 15 is 0 Å². The smallest absolute Gasteiger partial charge is 0.255 e. The first-order valence-corrected chi connectivity index (χ1v) is 8.48.